The molecule has 2 aromatic rings. The molecule has 0 heterocycles. The Morgan fingerprint density at radius 3 is 1.85 bits per heavy atom. The summed E-state index contributed by atoms with van der Waals surface area (Å²) in [4.78, 5) is 23.6. The van der Waals surface area contributed by atoms with E-state index in [9.17, 15) is 9.79 Å². The van der Waals surface area contributed by atoms with E-state index in [0.717, 1.165) is 12.8 Å². The molecule has 1 fully saturated rings. The fourth-order valence-corrected chi connectivity index (χ4v) is 6.87. The van der Waals surface area contributed by atoms with Gasteiger partial charge in [0.05, 0.1) is 0 Å². The first-order valence-corrected chi connectivity index (χ1v) is 11.7. The normalized spacial score (nSPS) is 25.6. The first kappa shape index (κ1) is 19.5. The molecular weight excluding hydrogens is 343 g/mol. The fourth-order valence-electron chi connectivity index (χ4n) is 4.16. The monoisotopic (exact) mass is 374 g/mol. The van der Waals surface area contributed by atoms with Gasteiger partial charge in [-0.1, -0.05) is 0 Å². The van der Waals surface area contributed by atoms with Crippen LogP contribution in [0.3, 0.4) is 0 Å². The van der Waals surface area contributed by atoms with Crippen molar-refractivity contribution in [2.75, 3.05) is 0 Å². The predicted octanol–water partition coefficient (Wildman–Crippen LogP) is 4.40. The van der Waals surface area contributed by atoms with E-state index in [0.29, 0.717) is 28.4 Å². The van der Waals surface area contributed by atoms with Crippen LogP contribution in [0.15, 0.2) is 60.7 Å². The first-order chi connectivity index (χ1) is 12.3. The fraction of sp³-hybridized carbons (Fsp3) is 0.455. The predicted molar refractivity (Wildman–Crippen MR) is 110 cm³/mol. The maximum absolute atomic E-state index is 11.8. The van der Waals surface area contributed by atoms with E-state index in [1.54, 1.807) is 24.3 Å². The second kappa shape index (κ2) is 7.40. The van der Waals surface area contributed by atoms with Crippen LogP contribution >= 0.6 is 7.28 Å². The van der Waals surface area contributed by atoms with E-state index in [1.807, 2.05) is 36.4 Å². The summed E-state index contributed by atoms with van der Waals surface area (Å²) < 4.78 is 6.42. The number of hydrogen-bond donors (Lipinski definition) is 2. The van der Waals surface area contributed by atoms with Crippen LogP contribution in [-0.4, -0.2) is 15.9 Å². The second-order valence-electron chi connectivity index (χ2n) is 8.09. The van der Waals surface area contributed by atoms with Gasteiger partial charge in [0.25, 0.3) is 0 Å². The molecule has 0 amide bonds. The van der Waals surface area contributed by atoms with Gasteiger partial charge in [-0.3, -0.25) is 0 Å². The quantitative estimate of drug-likeness (QED) is 0.763. The molecule has 4 heteroatoms. The Balaban J connectivity index is 2.07. The Morgan fingerprint density at radius 1 is 0.885 bits per heavy atom. The molecule has 0 radical (unpaired) electrons. The molecule has 3 nitrogen and oxygen atoms in total. The third-order valence-corrected chi connectivity index (χ3v) is 8.87. The molecule has 3 rings (SSSR count). The molecule has 3 atom stereocenters. The molecule has 2 N–H and O–H groups in total. The summed E-state index contributed by atoms with van der Waals surface area (Å²) in [6, 6.07) is 18.2. The third-order valence-electron chi connectivity index (χ3n) is 5.74. The van der Waals surface area contributed by atoms with Crippen molar-refractivity contribution in [3.8, 4) is 0 Å². The summed E-state index contributed by atoms with van der Waals surface area (Å²) in [5, 5.41) is 0.927. The van der Waals surface area contributed by atoms with Crippen molar-refractivity contribution in [2.45, 2.75) is 46.1 Å². The van der Waals surface area contributed by atoms with Gasteiger partial charge < -0.3 is 0 Å². The average Bonchev–Trinajstić information content (AvgIpc) is 2.63. The van der Waals surface area contributed by atoms with Crippen molar-refractivity contribution in [3.63, 3.8) is 0 Å². The molecule has 0 aromatic heterocycles. The Kier molecular flexibility index (Phi) is 5.55. The van der Waals surface area contributed by atoms with Crippen molar-refractivity contribution in [3.05, 3.63) is 60.7 Å². The molecule has 0 spiro atoms. The summed E-state index contributed by atoms with van der Waals surface area (Å²) in [6.45, 7) is 6.62. The molecule has 1 aliphatic rings. The first-order valence-electron chi connectivity index (χ1n) is 9.62. The minimum atomic E-state index is -4.71. The van der Waals surface area contributed by atoms with Crippen molar-refractivity contribution < 1.29 is 14.3 Å². The molecule has 0 bridgehead atoms. The number of hydrogen-bond acceptors (Lipinski definition) is 3. The summed E-state index contributed by atoms with van der Waals surface area (Å²) in [5.74, 6) is 1.31. The topological polar surface area (TPSA) is 49.7 Å². The van der Waals surface area contributed by atoms with E-state index in [-0.39, 0.29) is 6.10 Å². The van der Waals surface area contributed by atoms with Crippen molar-refractivity contribution in [2.24, 2.45) is 17.8 Å². The Morgan fingerprint density at radius 2 is 1.38 bits per heavy atom. The molecule has 0 aliphatic heterocycles. The Bertz CT molecular complexity index is 671. The zero-order chi connectivity index (χ0) is 18.8. The zero-order valence-corrected chi connectivity index (χ0v) is 16.8. The molecule has 142 valence electrons. The van der Waals surface area contributed by atoms with Crippen LogP contribution in [0.4, 0.5) is 0 Å². The van der Waals surface area contributed by atoms with Gasteiger partial charge in [0, 0.05) is 0 Å². The summed E-state index contributed by atoms with van der Waals surface area (Å²) in [5.41, 5.74) is 0. The van der Waals surface area contributed by atoms with E-state index in [1.165, 1.54) is 6.42 Å². The van der Waals surface area contributed by atoms with Crippen molar-refractivity contribution in [1.29, 1.82) is 0 Å². The number of rotatable bonds is 5. The molecule has 3 unspecified atom stereocenters. The summed E-state index contributed by atoms with van der Waals surface area (Å²) in [6.07, 6.45) is 2.94. The standard InChI is InChI=1S/C22H31O3P/c1-17(2)21-15-14-18(3)16-22(21)25-26(23,24,19-10-6-4-7-11-19)20-12-8-5-9-13-20/h4-13,17-18,21-24H,14-16H2,1-3H3. The van der Waals surface area contributed by atoms with Gasteiger partial charge >= 0.3 is 157 Å². The molecule has 1 saturated carbocycles. The van der Waals surface area contributed by atoms with Crippen LogP contribution < -0.4 is 10.6 Å². The second-order valence-corrected chi connectivity index (χ2v) is 11.2. The SMILES string of the molecule is CC1CCC(C(C)C)C(OP(O)(O)(c2ccccc2)c2ccccc2)C1. The summed E-state index contributed by atoms with van der Waals surface area (Å²) >= 11 is 0. The molecule has 0 saturated heterocycles. The van der Waals surface area contributed by atoms with Crippen molar-refractivity contribution >= 4 is 17.9 Å². The van der Waals surface area contributed by atoms with Gasteiger partial charge in [-0.2, -0.15) is 0 Å². The van der Waals surface area contributed by atoms with Gasteiger partial charge in [0.2, 0.25) is 0 Å². The van der Waals surface area contributed by atoms with Gasteiger partial charge in [0.15, 0.2) is 0 Å². The van der Waals surface area contributed by atoms with E-state index >= 15 is 0 Å². The van der Waals surface area contributed by atoms with Gasteiger partial charge in [-0.05, 0) is 0 Å². The average molecular weight is 374 g/mol. The van der Waals surface area contributed by atoms with Crippen LogP contribution in [0.1, 0.15) is 40.0 Å². The van der Waals surface area contributed by atoms with E-state index < -0.39 is 7.28 Å². The minimum absolute atomic E-state index is 0.160. The number of benzene rings is 2. The molecule has 2 aromatic carbocycles. The molecular formula is C22H31O3P. The maximum atomic E-state index is 11.8. The Hall–Kier alpha value is -1.25. The van der Waals surface area contributed by atoms with Crippen LogP contribution in [0.5, 0.6) is 0 Å². The van der Waals surface area contributed by atoms with E-state index in [2.05, 4.69) is 20.8 Å². The third kappa shape index (κ3) is 3.73. The zero-order valence-electron chi connectivity index (χ0n) is 16.0. The van der Waals surface area contributed by atoms with Gasteiger partial charge in [0.1, 0.15) is 0 Å². The Labute approximate surface area is 157 Å². The van der Waals surface area contributed by atoms with E-state index in [4.69, 9.17) is 4.52 Å². The van der Waals surface area contributed by atoms with Gasteiger partial charge in [-0.25, -0.2) is 0 Å². The van der Waals surface area contributed by atoms with Gasteiger partial charge in [-0.15, -0.1) is 0 Å². The van der Waals surface area contributed by atoms with Crippen LogP contribution in [0.25, 0.3) is 0 Å². The van der Waals surface area contributed by atoms with Crippen LogP contribution in [0.2, 0.25) is 0 Å². The van der Waals surface area contributed by atoms with Crippen molar-refractivity contribution in [1.82, 2.24) is 0 Å². The van der Waals surface area contributed by atoms with Crippen LogP contribution in [-0.2, 0) is 4.52 Å². The molecule has 1 aliphatic carbocycles. The summed E-state index contributed by atoms with van der Waals surface area (Å²) in [7, 11) is -4.71. The molecule has 26 heavy (non-hydrogen) atoms. The van der Waals surface area contributed by atoms with Crippen LogP contribution in [0, 0.1) is 17.8 Å².